The number of H-pyrrole nitrogens is 1. The van der Waals surface area contributed by atoms with Gasteiger partial charge in [0.25, 0.3) is 0 Å². The van der Waals surface area contributed by atoms with Gasteiger partial charge in [-0.1, -0.05) is 18.7 Å². The first-order chi connectivity index (χ1) is 11.7. The van der Waals surface area contributed by atoms with E-state index in [0.29, 0.717) is 17.1 Å². The molecule has 0 radical (unpaired) electrons. The van der Waals surface area contributed by atoms with Gasteiger partial charge in [-0.3, -0.25) is 4.79 Å². The Balaban J connectivity index is 1.73. The van der Waals surface area contributed by atoms with Gasteiger partial charge < -0.3 is 15.0 Å². The van der Waals surface area contributed by atoms with Crippen LogP contribution in [0.2, 0.25) is 0 Å². The molecular formula is C16H17N5O2S. The first-order valence-electron chi connectivity index (χ1n) is 7.47. The number of benzene rings is 1. The minimum atomic E-state index is -0.270. The monoisotopic (exact) mass is 343 g/mol. The van der Waals surface area contributed by atoms with Gasteiger partial charge in [0, 0.05) is 5.69 Å². The Labute approximate surface area is 143 Å². The molecule has 0 spiro atoms. The Morgan fingerprint density at radius 2 is 2.08 bits per heavy atom. The summed E-state index contributed by atoms with van der Waals surface area (Å²) < 4.78 is 5.11. The van der Waals surface area contributed by atoms with Gasteiger partial charge in [-0.15, -0.1) is 0 Å². The van der Waals surface area contributed by atoms with Crippen LogP contribution in [0.15, 0.2) is 41.9 Å². The maximum absolute atomic E-state index is 12.5. The Kier molecular flexibility index (Phi) is 4.95. The van der Waals surface area contributed by atoms with Gasteiger partial charge >= 0.3 is 0 Å². The van der Waals surface area contributed by atoms with Crippen LogP contribution in [0.3, 0.4) is 0 Å². The number of hydrogen-bond acceptors (Lipinski definition) is 6. The molecule has 1 atom stereocenters. The van der Waals surface area contributed by atoms with E-state index in [1.165, 1.54) is 18.1 Å². The number of ether oxygens (including phenoxy) is 1. The SMILES string of the molecule is CC[C@H](Sc1ncnc2nc[nH]c12)C(=O)Nc1ccc(OC)cc1. The summed E-state index contributed by atoms with van der Waals surface area (Å²) in [6, 6.07) is 7.24. The zero-order valence-corrected chi connectivity index (χ0v) is 14.1. The number of fused-ring (bicyclic) bond motifs is 1. The van der Waals surface area contributed by atoms with E-state index in [0.717, 1.165) is 17.0 Å². The fraction of sp³-hybridized carbons (Fsp3) is 0.250. The fourth-order valence-electron chi connectivity index (χ4n) is 2.19. The Bertz CT molecular complexity index is 834. The van der Waals surface area contributed by atoms with Crippen LogP contribution in [0, 0.1) is 0 Å². The largest absolute Gasteiger partial charge is 0.497 e. The van der Waals surface area contributed by atoms with Crippen molar-refractivity contribution >= 4 is 34.5 Å². The van der Waals surface area contributed by atoms with Gasteiger partial charge in [0.15, 0.2) is 5.65 Å². The quantitative estimate of drug-likeness (QED) is 0.528. The molecule has 2 aromatic heterocycles. The van der Waals surface area contributed by atoms with Gasteiger partial charge in [0.05, 0.1) is 18.7 Å². The first kappa shape index (κ1) is 16.3. The van der Waals surface area contributed by atoms with Crippen molar-refractivity contribution in [3.63, 3.8) is 0 Å². The molecule has 0 saturated carbocycles. The van der Waals surface area contributed by atoms with Crippen molar-refractivity contribution in [3.8, 4) is 5.75 Å². The third kappa shape index (κ3) is 3.48. The summed E-state index contributed by atoms with van der Waals surface area (Å²) in [5.74, 6) is 0.677. The molecule has 3 rings (SSSR count). The molecule has 1 aromatic carbocycles. The average molecular weight is 343 g/mol. The Hall–Kier alpha value is -2.61. The van der Waals surface area contributed by atoms with E-state index < -0.39 is 0 Å². The van der Waals surface area contributed by atoms with Crippen LogP contribution in [0.1, 0.15) is 13.3 Å². The third-order valence-electron chi connectivity index (χ3n) is 3.46. The highest BCUT2D eigenvalue weighted by molar-refractivity contribution is 8.00. The molecule has 124 valence electrons. The molecule has 0 saturated heterocycles. The second-order valence-electron chi connectivity index (χ2n) is 5.01. The summed E-state index contributed by atoms with van der Waals surface area (Å²) in [5.41, 5.74) is 2.07. The van der Waals surface area contributed by atoms with Gasteiger partial charge in [0.1, 0.15) is 22.6 Å². The number of anilines is 1. The zero-order valence-electron chi connectivity index (χ0n) is 13.3. The summed E-state index contributed by atoms with van der Waals surface area (Å²) in [4.78, 5) is 28.0. The van der Waals surface area contributed by atoms with Crippen molar-refractivity contribution in [2.24, 2.45) is 0 Å². The van der Waals surface area contributed by atoms with Crippen molar-refractivity contribution < 1.29 is 9.53 Å². The number of nitrogens with one attached hydrogen (secondary N) is 2. The van der Waals surface area contributed by atoms with Crippen LogP contribution in [0.4, 0.5) is 5.69 Å². The lowest BCUT2D eigenvalue weighted by atomic mass is 10.2. The predicted molar refractivity (Wildman–Crippen MR) is 93.2 cm³/mol. The number of aromatic nitrogens is 4. The van der Waals surface area contributed by atoms with Gasteiger partial charge in [-0.05, 0) is 30.7 Å². The van der Waals surface area contributed by atoms with Crippen molar-refractivity contribution in [2.45, 2.75) is 23.6 Å². The van der Waals surface area contributed by atoms with Gasteiger partial charge in [-0.25, -0.2) is 15.0 Å². The molecule has 7 nitrogen and oxygen atoms in total. The summed E-state index contributed by atoms with van der Waals surface area (Å²) >= 11 is 1.40. The molecule has 3 aromatic rings. The lowest BCUT2D eigenvalue weighted by molar-refractivity contribution is -0.115. The Morgan fingerprint density at radius 3 is 2.79 bits per heavy atom. The smallest absolute Gasteiger partial charge is 0.237 e. The summed E-state index contributed by atoms with van der Waals surface area (Å²) in [5, 5.41) is 3.37. The highest BCUT2D eigenvalue weighted by atomic mass is 32.2. The van der Waals surface area contributed by atoms with Crippen LogP contribution in [-0.4, -0.2) is 38.2 Å². The number of hydrogen-bond donors (Lipinski definition) is 2. The lowest BCUT2D eigenvalue weighted by Gasteiger charge is -2.14. The highest BCUT2D eigenvalue weighted by Gasteiger charge is 2.20. The van der Waals surface area contributed by atoms with E-state index in [2.05, 4.69) is 25.3 Å². The van der Waals surface area contributed by atoms with E-state index >= 15 is 0 Å². The number of rotatable bonds is 6. The van der Waals surface area contributed by atoms with Crippen LogP contribution in [0.5, 0.6) is 5.75 Å². The minimum Gasteiger partial charge on any atom is -0.497 e. The standard InChI is InChI=1S/C16H17N5O2S/c1-3-12(15(22)21-10-4-6-11(23-2)7-5-10)24-16-13-14(18-8-17-13)19-9-20-16/h4-9,12H,3H2,1-2H3,(H,21,22)(H,17,18,19,20)/t12-/m0/s1. The third-order valence-corrected chi connectivity index (χ3v) is 4.83. The minimum absolute atomic E-state index is 0.0704. The number of nitrogens with zero attached hydrogens (tertiary/aromatic N) is 3. The normalized spacial score (nSPS) is 12.1. The maximum Gasteiger partial charge on any atom is 0.237 e. The molecule has 0 bridgehead atoms. The number of thioether (sulfide) groups is 1. The molecule has 1 amide bonds. The van der Waals surface area contributed by atoms with Crippen molar-refractivity contribution in [1.82, 2.24) is 19.9 Å². The highest BCUT2D eigenvalue weighted by Crippen LogP contribution is 2.28. The number of imidazole rings is 1. The van der Waals surface area contributed by atoms with Gasteiger partial charge in [0.2, 0.25) is 5.91 Å². The fourth-order valence-corrected chi connectivity index (χ4v) is 3.16. The second kappa shape index (κ2) is 7.31. The molecular weight excluding hydrogens is 326 g/mol. The van der Waals surface area contributed by atoms with Gasteiger partial charge in [-0.2, -0.15) is 0 Å². The van der Waals surface area contributed by atoms with Crippen LogP contribution < -0.4 is 10.1 Å². The van der Waals surface area contributed by atoms with Crippen molar-refractivity contribution in [1.29, 1.82) is 0 Å². The van der Waals surface area contributed by atoms with Crippen LogP contribution in [0.25, 0.3) is 11.2 Å². The molecule has 0 aliphatic carbocycles. The first-order valence-corrected chi connectivity index (χ1v) is 8.35. The van der Waals surface area contributed by atoms with Crippen molar-refractivity contribution in [3.05, 3.63) is 36.9 Å². The van der Waals surface area contributed by atoms with Crippen LogP contribution >= 0.6 is 11.8 Å². The predicted octanol–water partition coefficient (Wildman–Crippen LogP) is 2.87. The number of aromatic amines is 1. The second-order valence-corrected chi connectivity index (χ2v) is 6.20. The number of carbonyl (C=O) groups is 1. The molecule has 2 N–H and O–H groups in total. The lowest BCUT2D eigenvalue weighted by Crippen LogP contribution is -2.24. The van der Waals surface area contributed by atoms with E-state index in [9.17, 15) is 4.79 Å². The zero-order chi connectivity index (χ0) is 16.9. The van der Waals surface area contributed by atoms with Crippen molar-refractivity contribution in [2.75, 3.05) is 12.4 Å². The molecule has 2 heterocycles. The van der Waals surface area contributed by atoms with E-state index in [1.54, 1.807) is 13.4 Å². The molecule has 0 aliphatic rings. The summed E-state index contributed by atoms with van der Waals surface area (Å²) in [6.07, 6.45) is 3.70. The Morgan fingerprint density at radius 1 is 1.29 bits per heavy atom. The summed E-state index contributed by atoms with van der Waals surface area (Å²) in [6.45, 7) is 1.97. The number of amides is 1. The molecule has 8 heteroatoms. The molecule has 0 unspecified atom stereocenters. The van der Waals surface area contributed by atoms with Crippen LogP contribution in [-0.2, 0) is 4.79 Å². The topological polar surface area (TPSA) is 92.8 Å². The van der Waals surface area contributed by atoms with E-state index in [-0.39, 0.29) is 11.2 Å². The maximum atomic E-state index is 12.5. The molecule has 24 heavy (non-hydrogen) atoms. The van der Waals surface area contributed by atoms with E-state index in [1.807, 2.05) is 31.2 Å². The number of carbonyl (C=O) groups excluding carboxylic acids is 1. The average Bonchev–Trinajstić information content (AvgIpc) is 3.09. The number of methoxy groups -OCH3 is 1. The summed E-state index contributed by atoms with van der Waals surface area (Å²) in [7, 11) is 1.61. The molecule has 0 fully saturated rings. The molecule has 0 aliphatic heterocycles. The van der Waals surface area contributed by atoms with E-state index in [4.69, 9.17) is 4.74 Å².